The first kappa shape index (κ1) is 10.3. The summed E-state index contributed by atoms with van der Waals surface area (Å²) in [5.41, 5.74) is 3.70. The molecule has 0 radical (unpaired) electrons. The summed E-state index contributed by atoms with van der Waals surface area (Å²) < 4.78 is 0. The maximum atomic E-state index is 8.85. The second kappa shape index (κ2) is 3.97. The van der Waals surface area contributed by atoms with Crippen LogP contribution in [0.1, 0.15) is 18.1 Å². The Morgan fingerprint density at radius 3 is 2.43 bits per heavy atom. The molecule has 72 valence electrons. The second-order valence-corrected chi connectivity index (χ2v) is 3.56. The average Bonchev–Trinajstić information content (AvgIpc) is 2.16. The summed E-state index contributed by atoms with van der Waals surface area (Å²) in [5.74, 6) is 0. The van der Waals surface area contributed by atoms with E-state index in [1.165, 1.54) is 0 Å². The van der Waals surface area contributed by atoms with Crippen LogP contribution in [0, 0.1) is 11.3 Å². The lowest BCUT2D eigenvalue weighted by Crippen LogP contribution is -2.09. The standard InChI is InChI=1S/C12H14N2/c1-9(2)11-5-10(8-13)6-12(7-11)14(3)4/h5-7H,1H2,2-4H3. The van der Waals surface area contributed by atoms with Crippen molar-refractivity contribution in [3.63, 3.8) is 0 Å². The number of rotatable bonds is 2. The van der Waals surface area contributed by atoms with Crippen molar-refractivity contribution in [1.82, 2.24) is 0 Å². The van der Waals surface area contributed by atoms with Crippen LogP contribution in [0.3, 0.4) is 0 Å². The van der Waals surface area contributed by atoms with E-state index in [4.69, 9.17) is 5.26 Å². The van der Waals surface area contributed by atoms with Gasteiger partial charge in [0.2, 0.25) is 0 Å². The summed E-state index contributed by atoms with van der Waals surface area (Å²) >= 11 is 0. The Hall–Kier alpha value is -1.75. The maximum absolute atomic E-state index is 8.85. The number of benzene rings is 1. The van der Waals surface area contributed by atoms with Crippen LogP contribution < -0.4 is 4.90 Å². The molecular weight excluding hydrogens is 172 g/mol. The lowest BCUT2D eigenvalue weighted by atomic mass is 10.0. The first-order chi connectivity index (χ1) is 6.54. The smallest absolute Gasteiger partial charge is 0.0992 e. The van der Waals surface area contributed by atoms with Crippen molar-refractivity contribution in [2.75, 3.05) is 19.0 Å². The van der Waals surface area contributed by atoms with Crippen LogP contribution >= 0.6 is 0 Å². The van der Waals surface area contributed by atoms with Crippen LogP contribution in [0.2, 0.25) is 0 Å². The average molecular weight is 186 g/mol. The highest BCUT2D eigenvalue weighted by molar-refractivity contribution is 5.68. The normalized spacial score (nSPS) is 9.29. The van der Waals surface area contributed by atoms with Crippen LogP contribution in [-0.4, -0.2) is 14.1 Å². The summed E-state index contributed by atoms with van der Waals surface area (Å²) in [6.45, 7) is 5.81. The van der Waals surface area contributed by atoms with Crippen molar-refractivity contribution in [3.8, 4) is 6.07 Å². The molecule has 0 heterocycles. The van der Waals surface area contributed by atoms with Gasteiger partial charge in [0.15, 0.2) is 0 Å². The fraction of sp³-hybridized carbons (Fsp3) is 0.250. The molecule has 1 aromatic carbocycles. The minimum Gasteiger partial charge on any atom is -0.378 e. The van der Waals surface area contributed by atoms with Crippen molar-refractivity contribution in [3.05, 3.63) is 35.9 Å². The molecule has 2 heteroatoms. The van der Waals surface area contributed by atoms with E-state index in [-0.39, 0.29) is 0 Å². The third-order valence-electron chi connectivity index (χ3n) is 2.06. The van der Waals surface area contributed by atoms with Crippen molar-refractivity contribution in [2.24, 2.45) is 0 Å². The second-order valence-electron chi connectivity index (χ2n) is 3.56. The van der Waals surface area contributed by atoms with E-state index in [9.17, 15) is 0 Å². The summed E-state index contributed by atoms with van der Waals surface area (Å²) in [4.78, 5) is 1.98. The zero-order valence-electron chi connectivity index (χ0n) is 8.83. The number of nitriles is 1. The predicted molar refractivity (Wildman–Crippen MR) is 60.2 cm³/mol. The molecule has 2 nitrogen and oxygen atoms in total. The maximum Gasteiger partial charge on any atom is 0.0992 e. The van der Waals surface area contributed by atoms with E-state index in [2.05, 4.69) is 12.6 Å². The number of nitrogens with zero attached hydrogens (tertiary/aromatic N) is 2. The molecule has 0 amide bonds. The quantitative estimate of drug-likeness (QED) is 0.710. The molecule has 0 aliphatic rings. The van der Waals surface area contributed by atoms with Crippen molar-refractivity contribution < 1.29 is 0 Å². The summed E-state index contributed by atoms with van der Waals surface area (Å²) in [7, 11) is 3.91. The molecule has 1 aromatic rings. The van der Waals surface area contributed by atoms with Gasteiger partial charge in [-0.2, -0.15) is 5.26 Å². The fourth-order valence-corrected chi connectivity index (χ4v) is 1.18. The van der Waals surface area contributed by atoms with Gasteiger partial charge in [-0.15, -0.1) is 0 Å². The Morgan fingerprint density at radius 2 is 2.00 bits per heavy atom. The minimum atomic E-state index is 0.675. The molecule has 0 fully saturated rings. The number of hydrogen-bond acceptors (Lipinski definition) is 2. The van der Waals surface area contributed by atoms with E-state index in [1.807, 2.05) is 44.1 Å². The zero-order chi connectivity index (χ0) is 10.7. The van der Waals surface area contributed by atoms with Crippen LogP contribution in [-0.2, 0) is 0 Å². The van der Waals surface area contributed by atoms with Crippen LogP contribution in [0.25, 0.3) is 5.57 Å². The summed E-state index contributed by atoms with van der Waals surface area (Å²) in [5, 5.41) is 8.85. The van der Waals surface area contributed by atoms with Crippen LogP contribution in [0.5, 0.6) is 0 Å². The Bertz CT molecular complexity index is 397. The van der Waals surface area contributed by atoms with Gasteiger partial charge in [0.05, 0.1) is 11.6 Å². The van der Waals surface area contributed by atoms with E-state index in [0.29, 0.717) is 5.56 Å². The Labute approximate surface area is 85.1 Å². The summed E-state index contributed by atoms with van der Waals surface area (Å²) in [6.07, 6.45) is 0. The third-order valence-corrected chi connectivity index (χ3v) is 2.06. The Balaban J connectivity index is 3.29. The van der Waals surface area contributed by atoms with Gasteiger partial charge < -0.3 is 4.90 Å². The first-order valence-electron chi connectivity index (χ1n) is 4.43. The Morgan fingerprint density at radius 1 is 1.36 bits per heavy atom. The highest BCUT2D eigenvalue weighted by atomic mass is 15.1. The predicted octanol–water partition coefficient (Wildman–Crippen LogP) is 2.66. The van der Waals surface area contributed by atoms with Crippen LogP contribution in [0.15, 0.2) is 24.8 Å². The lowest BCUT2D eigenvalue weighted by molar-refractivity contribution is 1.13. The highest BCUT2D eigenvalue weighted by Crippen LogP contribution is 2.21. The molecule has 0 bridgehead atoms. The minimum absolute atomic E-state index is 0.675. The molecule has 0 aliphatic carbocycles. The van der Waals surface area contributed by atoms with E-state index in [0.717, 1.165) is 16.8 Å². The molecule has 14 heavy (non-hydrogen) atoms. The van der Waals surface area contributed by atoms with E-state index in [1.54, 1.807) is 0 Å². The molecule has 0 spiro atoms. The van der Waals surface area contributed by atoms with Crippen molar-refractivity contribution in [1.29, 1.82) is 5.26 Å². The highest BCUT2D eigenvalue weighted by Gasteiger charge is 2.02. The number of anilines is 1. The fourth-order valence-electron chi connectivity index (χ4n) is 1.18. The topological polar surface area (TPSA) is 27.0 Å². The van der Waals surface area contributed by atoms with Gasteiger partial charge in [0.1, 0.15) is 0 Å². The summed E-state index contributed by atoms with van der Waals surface area (Å²) in [6, 6.07) is 7.90. The molecule has 0 N–H and O–H groups in total. The largest absolute Gasteiger partial charge is 0.378 e. The Kier molecular flexibility index (Phi) is 2.93. The molecular formula is C12H14N2. The SMILES string of the molecule is C=C(C)c1cc(C#N)cc(N(C)C)c1. The molecule has 0 saturated carbocycles. The van der Waals surface area contributed by atoms with E-state index < -0.39 is 0 Å². The third kappa shape index (κ3) is 2.14. The van der Waals surface area contributed by atoms with Crippen molar-refractivity contribution >= 4 is 11.3 Å². The van der Waals surface area contributed by atoms with Gasteiger partial charge in [-0.05, 0) is 30.7 Å². The van der Waals surface area contributed by atoms with Crippen LogP contribution in [0.4, 0.5) is 5.69 Å². The number of allylic oxidation sites excluding steroid dienone is 1. The molecule has 0 unspecified atom stereocenters. The molecule has 0 atom stereocenters. The van der Waals surface area contributed by atoms with Gasteiger partial charge in [-0.1, -0.05) is 12.2 Å². The van der Waals surface area contributed by atoms with Gasteiger partial charge in [0.25, 0.3) is 0 Å². The molecule has 0 aromatic heterocycles. The number of hydrogen-bond donors (Lipinski definition) is 0. The zero-order valence-corrected chi connectivity index (χ0v) is 8.83. The van der Waals surface area contributed by atoms with Gasteiger partial charge in [-0.25, -0.2) is 0 Å². The van der Waals surface area contributed by atoms with Gasteiger partial charge in [-0.3, -0.25) is 0 Å². The first-order valence-corrected chi connectivity index (χ1v) is 4.43. The van der Waals surface area contributed by atoms with Gasteiger partial charge in [0, 0.05) is 19.8 Å². The van der Waals surface area contributed by atoms with Crippen molar-refractivity contribution in [2.45, 2.75) is 6.92 Å². The van der Waals surface area contributed by atoms with Gasteiger partial charge >= 0.3 is 0 Å². The molecule has 1 rings (SSSR count). The molecule has 0 aliphatic heterocycles. The lowest BCUT2D eigenvalue weighted by Gasteiger charge is -2.14. The molecule has 0 saturated heterocycles. The van der Waals surface area contributed by atoms with E-state index >= 15 is 0 Å². The monoisotopic (exact) mass is 186 g/mol.